The molecule has 37 heavy (non-hydrogen) atoms. The number of aliphatic hydroxyl groups is 1. The van der Waals surface area contributed by atoms with Crippen molar-refractivity contribution in [3.05, 3.63) is 46.5 Å². The summed E-state index contributed by atoms with van der Waals surface area (Å²) in [5.41, 5.74) is 1.30. The Balaban J connectivity index is 0.00000380. The van der Waals surface area contributed by atoms with E-state index in [1.54, 1.807) is 12.0 Å². The lowest BCUT2D eigenvalue weighted by molar-refractivity contribution is -0.130. The minimum atomic E-state index is -0.388. The van der Waals surface area contributed by atoms with E-state index in [1.165, 1.54) is 50.8 Å². The smallest absolute Gasteiger partial charge is 0.225 e. The van der Waals surface area contributed by atoms with Gasteiger partial charge in [-0.15, -0.1) is 12.4 Å². The molecule has 0 aromatic heterocycles. The molecule has 0 bridgehead atoms. The lowest BCUT2D eigenvalue weighted by Gasteiger charge is -2.29. The second-order valence-corrected chi connectivity index (χ2v) is 10.9. The molecule has 1 aliphatic heterocycles. The third-order valence-electron chi connectivity index (χ3n) is 7.14. The molecular weight excluding hydrogens is 512 g/mol. The highest BCUT2D eigenvalue weighted by Crippen LogP contribution is 2.52. The Morgan fingerprint density at radius 3 is 2.70 bits per heavy atom. The van der Waals surface area contributed by atoms with Crippen LogP contribution in [0.15, 0.2) is 41.0 Å². The summed E-state index contributed by atoms with van der Waals surface area (Å²) in [6.07, 6.45) is 11.5. The SMILES string of the molecule is COc1ccc(OCCCN(CCO)CC2CCCCC2)c(C2SC3=C(C(=O)CC=C3)N2C(C)=O)c1.Cl. The average Bonchev–Trinajstić information content (AvgIpc) is 3.28. The van der Waals surface area contributed by atoms with Crippen LogP contribution in [0.25, 0.3) is 0 Å². The number of benzene rings is 1. The van der Waals surface area contributed by atoms with Crippen LogP contribution in [-0.4, -0.2) is 66.6 Å². The van der Waals surface area contributed by atoms with Gasteiger partial charge in [-0.2, -0.15) is 0 Å². The zero-order valence-corrected chi connectivity index (χ0v) is 23.5. The van der Waals surface area contributed by atoms with E-state index in [2.05, 4.69) is 4.90 Å². The van der Waals surface area contributed by atoms with Crippen LogP contribution in [0.5, 0.6) is 11.5 Å². The summed E-state index contributed by atoms with van der Waals surface area (Å²) in [6, 6.07) is 5.64. The number of thioether (sulfide) groups is 1. The summed E-state index contributed by atoms with van der Waals surface area (Å²) in [5, 5.41) is 9.14. The summed E-state index contributed by atoms with van der Waals surface area (Å²) in [7, 11) is 1.61. The molecule has 7 nitrogen and oxygen atoms in total. The number of ether oxygens (including phenoxy) is 2. The number of rotatable bonds is 11. The highest BCUT2D eigenvalue weighted by atomic mass is 35.5. The largest absolute Gasteiger partial charge is 0.497 e. The van der Waals surface area contributed by atoms with Crippen molar-refractivity contribution < 1.29 is 24.2 Å². The van der Waals surface area contributed by atoms with Gasteiger partial charge >= 0.3 is 0 Å². The first-order valence-electron chi connectivity index (χ1n) is 13.1. The Labute approximate surface area is 230 Å². The van der Waals surface area contributed by atoms with Gasteiger partial charge < -0.3 is 19.5 Å². The zero-order valence-electron chi connectivity index (χ0n) is 21.8. The predicted molar refractivity (Wildman–Crippen MR) is 149 cm³/mol. The zero-order chi connectivity index (χ0) is 25.5. The van der Waals surface area contributed by atoms with Gasteiger partial charge in [-0.3, -0.25) is 14.5 Å². The number of carbonyl (C=O) groups is 2. The van der Waals surface area contributed by atoms with Crippen molar-refractivity contribution >= 4 is 35.9 Å². The number of nitrogens with zero attached hydrogens (tertiary/aromatic N) is 2. The number of amides is 1. The fourth-order valence-electron chi connectivity index (χ4n) is 5.37. The number of hydrogen-bond donors (Lipinski definition) is 1. The molecule has 1 amide bonds. The first kappa shape index (κ1) is 29.6. The minimum Gasteiger partial charge on any atom is -0.497 e. The van der Waals surface area contributed by atoms with Gasteiger partial charge in [0.25, 0.3) is 0 Å². The van der Waals surface area contributed by atoms with Crippen LogP contribution < -0.4 is 9.47 Å². The topological polar surface area (TPSA) is 79.3 Å². The standard InChI is InChI=1S/C28H38N2O5S.ClH/c1-20(32)30-27-24(33)10-6-11-26(27)36-28(30)23-18-22(34-2)12-13-25(23)35-17-7-14-29(15-16-31)19-21-8-4-3-5-9-21;/h6,11-13,18,21,28,31H,3-5,7-10,14-17,19H2,1-2H3;1H. The van der Waals surface area contributed by atoms with Gasteiger partial charge in [-0.25, -0.2) is 0 Å². The molecule has 204 valence electrons. The van der Waals surface area contributed by atoms with Crippen LogP contribution >= 0.6 is 24.2 Å². The molecule has 4 rings (SSSR count). The van der Waals surface area contributed by atoms with Crippen molar-refractivity contribution in [1.82, 2.24) is 9.80 Å². The van der Waals surface area contributed by atoms with Crippen LogP contribution in [0.1, 0.15) is 62.8 Å². The van der Waals surface area contributed by atoms with Crippen molar-refractivity contribution in [2.45, 2.75) is 57.2 Å². The van der Waals surface area contributed by atoms with Gasteiger partial charge in [-0.1, -0.05) is 37.1 Å². The Bertz CT molecular complexity index is 1010. The molecule has 3 aliphatic rings. The normalized spacial score (nSPS) is 19.7. The molecule has 1 saturated carbocycles. The van der Waals surface area contributed by atoms with Gasteiger partial charge in [0.05, 0.1) is 20.3 Å². The van der Waals surface area contributed by atoms with Crippen molar-refractivity contribution in [3.63, 3.8) is 0 Å². The van der Waals surface area contributed by atoms with Crippen molar-refractivity contribution in [2.24, 2.45) is 5.92 Å². The van der Waals surface area contributed by atoms with E-state index < -0.39 is 0 Å². The summed E-state index contributed by atoms with van der Waals surface area (Å²) >= 11 is 1.50. The molecule has 2 aliphatic carbocycles. The Kier molecular flexibility index (Phi) is 11.4. The fourth-order valence-corrected chi connectivity index (χ4v) is 6.78. The van der Waals surface area contributed by atoms with Gasteiger partial charge in [0.2, 0.25) is 5.91 Å². The molecule has 1 N–H and O–H groups in total. The highest BCUT2D eigenvalue weighted by Gasteiger charge is 2.40. The Morgan fingerprint density at radius 1 is 1.22 bits per heavy atom. The number of allylic oxidation sites excluding steroid dienone is 3. The number of halogens is 1. The molecule has 0 saturated heterocycles. The maximum absolute atomic E-state index is 12.7. The van der Waals surface area contributed by atoms with Crippen LogP contribution in [0.3, 0.4) is 0 Å². The van der Waals surface area contributed by atoms with Gasteiger partial charge in [0.15, 0.2) is 5.78 Å². The molecule has 1 fully saturated rings. The summed E-state index contributed by atoms with van der Waals surface area (Å²) in [5.74, 6) is 1.89. The van der Waals surface area contributed by atoms with Crippen molar-refractivity contribution in [2.75, 3.05) is 40.0 Å². The summed E-state index contributed by atoms with van der Waals surface area (Å²) in [6.45, 7) is 4.79. The lowest BCUT2D eigenvalue weighted by Crippen LogP contribution is -2.34. The van der Waals surface area contributed by atoms with E-state index in [1.807, 2.05) is 30.4 Å². The van der Waals surface area contributed by atoms with Crippen LogP contribution in [0.4, 0.5) is 0 Å². The third kappa shape index (κ3) is 7.31. The van der Waals surface area contributed by atoms with Gasteiger partial charge in [-0.05, 0) is 49.5 Å². The first-order valence-corrected chi connectivity index (χ1v) is 13.9. The second kappa shape index (κ2) is 14.2. The molecule has 0 spiro atoms. The third-order valence-corrected chi connectivity index (χ3v) is 8.41. The molecule has 1 aromatic carbocycles. The van der Waals surface area contributed by atoms with Crippen molar-refractivity contribution in [3.8, 4) is 11.5 Å². The summed E-state index contributed by atoms with van der Waals surface area (Å²) in [4.78, 5) is 30.1. The lowest BCUT2D eigenvalue weighted by atomic mass is 9.89. The maximum atomic E-state index is 12.7. The maximum Gasteiger partial charge on any atom is 0.225 e. The Hall–Kier alpha value is -2.00. The van der Waals surface area contributed by atoms with Crippen LogP contribution in [0.2, 0.25) is 0 Å². The van der Waals surface area contributed by atoms with Gasteiger partial charge in [0, 0.05) is 43.4 Å². The number of aliphatic hydroxyl groups excluding tert-OH is 1. The van der Waals surface area contributed by atoms with E-state index in [0.717, 1.165) is 35.9 Å². The fraction of sp³-hybridized carbons (Fsp3) is 0.571. The van der Waals surface area contributed by atoms with Gasteiger partial charge in [0.1, 0.15) is 22.6 Å². The van der Waals surface area contributed by atoms with E-state index in [9.17, 15) is 14.7 Å². The second-order valence-electron chi connectivity index (χ2n) is 9.74. The number of carbonyl (C=O) groups excluding carboxylic acids is 2. The molecule has 0 radical (unpaired) electrons. The first-order chi connectivity index (χ1) is 17.5. The van der Waals surface area contributed by atoms with Crippen molar-refractivity contribution in [1.29, 1.82) is 0 Å². The predicted octanol–water partition coefficient (Wildman–Crippen LogP) is 5.10. The molecular formula is C28H39ClN2O5S. The van der Waals surface area contributed by atoms with E-state index in [0.29, 0.717) is 36.8 Å². The molecule has 1 unspecified atom stereocenters. The Morgan fingerprint density at radius 2 is 2.00 bits per heavy atom. The molecule has 1 aromatic rings. The molecule has 1 heterocycles. The number of Topliss-reactive ketones (excluding diaryl/α,β-unsaturated/α-hetero) is 1. The van der Waals surface area contributed by atoms with E-state index in [4.69, 9.17) is 9.47 Å². The monoisotopic (exact) mass is 550 g/mol. The molecule has 9 heteroatoms. The molecule has 1 atom stereocenters. The number of methoxy groups -OCH3 is 1. The van der Waals surface area contributed by atoms with E-state index in [-0.39, 0.29) is 36.1 Å². The average molecular weight is 551 g/mol. The van der Waals surface area contributed by atoms with Crippen LogP contribution in [0, 0.1) is 5.92 Å². The number of hydrogen-bond acceptors (Lipinski definition) is 7. The highest BCUT2D eigenvalue weighted by molar-refractivity contribution is 8.03. The van der Waals surface area contributed by atoms with Crippen LogP contribution in [-0.2, 0) is 9.59 Å². The summed E-state index contributed by atoms with van der Waals surface area (Å²) < 4.78 is 11.7. The quantitative estimate of drug-likeness (QED) is 0.384. The number of ketones is 1. The van der Waals surface area contributed by atoms with E-state index >= 15 is 0 Å². The minimum absolute atomic E-state index is 0.